The maximum atomic E-state index is 4.56. The first-order valence-corrected chi connectivity index (χ1v) is 6.39. The first-order valence-electron chi connectivity index (χ1n) is 6.39. The van der Waals surface area contributed by atoms with Crippen molar-refractivity contribution in [3.8, 4) is 0 Å². The van der Waals surface area contributed by atoms with Crippen molar-refractivity contribution < 1.29 is 0 Å². The van der Waals surface area contributed by atoms with E-state index in [0.717, 1.165) is 5.52 Å². The minimum atomic E-state index is 0.685. The zero-order valence-corrected chi connectivity index (χ0v) is 10.2. The summed E-state index contributed by atoms with van der Waals surface area (Å²) >= 11 is 0. The molecule has 2 unspecified atom stereocenters. The first kappa shape index (κ1) is 10.7. The molecule has 0 aliphatic heterocycles. The van der Waals surface area contributed by atoms with Gasteiger partial charge in [-0.05, 0) is 49.9 Å². The van der Waals surface area contributed by atoms with Gasteiger partial charge in [0.2, 0.25) is 0 Å². The minimum absolute atomic E-state index is 0.685. The lowest BCUT2D eigenvalue weighted by Gasteiger charge is -2.11. The molecule has 0 spiro atoms. The van der Waals surface area contributed by atoms with E-state index in [9.17, 15) is 0 Å². The van der Waals surface area contributed by atoms with Crippen LogP contribution in [0.25, 0.3) is 10.9 Å². The van der Waals surface area contributed by atoms with Crippen LogP contribution in [0.2, 0.25) is 0 Å². The Kier molecular flexibility index (Phi) is 2.81. The molecule has 1 N–H and O–H groups in total. The molecule has 2 heteroatoms. The largest absolute Gasteiger partial charge is 0.317 e. The number of aromatic nitrogens is 1. The van der Waals surface area contributed by atoms with E-state index in [4.69, 9.17) is 0 Å². The molecule has 1 fully saturated rings. The summed E-state index contributed by atoms with van der Waals surface area (Å²) in [5.41, 5.74) is 2.50. The third-order valence-corrected chi connectivity index (χ3v) is 3.92. The van der Waals surface area contributed by atoms with E-state index in [0.29, 0.717) is 12.0 Å². The molecule has 0 bridgehead atoms. The molecule has 2 atom stereocenters. The van der Waals surface area contributed by atoms with Gasteiger partial charge in [0, 0.05) is 17.6 Å². The molecule has 1 aliphatic rings. The molecular formula is C15H18N2. The number of hydrogen-bond donors (Lipinski definition) is 1. The van der Waals surface area contributed by atoms with E-state index in [1.54, 1.807) is 0 Å². The second-order valence-electron chi connectivity index (χ2n) is 4.96. The van der Waals surface area contributed by atoms with Crippen LogP contribution in [0.5, 0.6) is 0 Å². The Hall–Kier alpha value is -1.41. The fourth-order valence-corrected chi connectivity index (χ4v) is 2.86. The van der Waals surface area contributed by atoms with Gasteiger partial charge in [-0.15, -0.1) is 0 Å². The normalized spacial score (nSPS) is 24.3. The van der Waals surface area contributed by atoms with E-state index in [-0.39, 0.29) is 0 Å². The average Bonchev–Trinajstić information content (AvgIpc) is 2.87. The number of nitrogens with one attached hydrogen (secondary N) is 1. The quantitative estimate of drug-likeness (QED) is 0.851. The Morgan fingerprint density at radius 3 is 2.94 bits per heavy atom. The third-order valence-electron chi connectivity index (χ3n) is 3.92. The van der Waals surface area contributed by atoms with Gasteiger partial charge in [0.05, 0.1) is 5.52 Å². The van der Waals surface area contributed by atoms with Crippen molar-refractivity contribution in [1.29, 1.82) is 0 Å². The van der Waals surface area contributed by atoms with Crippen LogP contribution in [0.4, 0.5) is 0 Å². The predicted octanol–water partition coefficient (Wildman–Crippen LogP) is 3.09. The number of benzene rings is 1. The van der Waals surface area contributed by atoms with E-state index < -0.39 is 0 Å². The number of pyridine rings is 1. The van der Waals surface area contributed by atoms with Crippen LogP contribution >= 0.6 is 0 Å². The lowest BCUT2D eigenvalue weighted by Crippen LogP contribution is -2.21. The predicted molar refractivity (Wildman–Crippen MR) is 71.2 cm³/mol. The smallest absolute Gasteiger partial charge is 0.0702 e. The molecule has 3 rings (SSSR count). The summed E-state index contributed by atoms with van der Waals surface area (Å²) < 4.78 is 0. The maximum Gasteiger partial charge on any atom is 0.0702 e. The molecule has 17 heavy (non-hydrogen) atoms. The van der Waals surface area contributed by atoms with Crippen LogP contribution in [0.1, 0.15) is 30.7 Å². The molecule has 0 saturated heterocycles. The van der Waals surface area contributed by atoms with Gasteiger partial charge in [-0.3, -0.25) is 4.98 Å². The monoisotopic (exact) mass is 226 g/mol. The summed E-state index contributed by atoms with van der Waals surface area (Å²) in [5, 5.41) is 4.64. The molecule has 1 saturated carbocycles. The zero-order valence-electron chi connectivity index (χ0n) is 10.2. The van der Waals surface area contributed by atoms with Gasteiger partial charge in [0.1, 0.15) is 0 Å². The fourth-order valence-electron chi connectivity index (χ4n) is 2.86. The highest BCUT2D eigenvalue weighted by molar-refractivity contribution is 5.78. The van der Waals surface area contributed by atoms with Crippen molar-refractivity contribution >= 4 is 10.9 Å². The van der Waals surface area contributed by atoms with Crippen LogP contribution in [-0.2, 0) is 0 Å². The molecule has 1 aromatic heterocycles. The molecule has 1 aliphatic carbocycles. The number of hydrogen-bond acceptors (Lipinski definition) is 2. The number of para-hydroxylation sites is 1. The van der Waals surface area contributed by atoms with Crippen molar-refractivity contribution in [2.24, 2.45) is 0 Å². The van der Waals surface area contributed by atoms with Crippen molar-refractivity contribution in [1.82, 2.24) is 10.3 Å². The summed E-state index contributed by atoms with van der Waals surface area (Å²) in [6, 6.07) is 11.3. The molecular weight excluding hydrogens is 208 g/mol. The Morgan fingerprint density at radius 2 is 2.12 bits per heavy atom. The second-order valence-corrected chi connectivity index (χ2v) is 4.96. The molecule has 1 heterocycles. The number of nitrogens with zero attached hydrogens (tertiary/aromatic N) is 1. The van der Waals surface area contributed by atoms with Crippen molar-refractivity contribution in [2.45, 2.75) is 31.2 Å². The summed E-state index contributed by atoms with van der Waals surface area (Å²) in [7, 11) is 2.06. The topological polar surface area (TPSA) is 24.9 Å². The van der Waals surface area contributed by atoms with Gasteiger partial charge in [0.25, 0.3) is 0 Å². The lowest BCUT2D eigenvalue weighted by molar-refractivity contribution is 0.571. The van der Waals surface area contributed by atoms with E-state index in [2.05, 4.69) is 47.8 Å². The van der Waals surface area contributed by atoms with Crippen molar-refractivity contribution in [3.05, 3.63) is 42.1 Å². The van der Waals surface area contributed by atoms with Gasteiger partial charge in [-0.2, -0.15) is 0 Å². The Balaban J connectivity index is 1.91. The van der Waals surface area contributed by atoms with Gasteiger partial charge < -0.3 is 5.32 Å². The van der Waals surface area contributed by atoms with Gasteiger partial charge in [-0.25, -0.2) is 0 Å². The van der Waals surface area contributed by atoms with Crippen LogP contribution < -0.4 is 5.32 Å². The highest BCUT2D eigenvalue weighted by atomic mass is 14.9. The standard InChI is InChI=1S/C15H18N2/c1-16-14-7-6-11(9-14)13-8-12-4-2-3-5-15(12)17-10-13/h2-5,8,10-11,14,16H,6-7,9H2,1H3. The van der Waals surface area contributed by atoms with Crippen LogP contribution in [0.15, 0.2) is 36.5 Å². The Morgan fingerprint density at radius 1 is 1.24 bits per heavy atom. The van der Waals surface area contributed by atoms with Gasteiger partial charge >= 0.3 is 0 Å². The van der Waals surface area contributed by atoms with Crippen molar-refractivity contribution in [2.75, 3.05) is 7.05 Å². The van der Waals surface area contributed by atoms with Gasteiger partial charge in [0.15, 0.2) is 0 Å². The molecule has 0 amide bonds. The van der Waals surface area contributed by atoms with Crippen LogP contribution in [0.3, 0.4) is 0 Å². The SMILES string of the molecule is CNC1CCC(c2cnc3ccccc3c2)C1. The highest BCUT2D eigenvalue weighted by Crippen LogP contribution is 2.34. The summed E-state index contributed by atoms with van der Waals surface area (Å²) in [5.74, 6) is 0.685. The molecule has 0 radical (unpaired) electrons. The van der Waals surface area contributed by atoms with Crippen LogP contribution in [0, 0.1) is 0 Å². The molecule has 2 nitrogen and oxygen atoms in total. The summed E-state index contributed by atoms with van der Waals surface area (Å²) in [6.45, 7) is 0. The highest BCUT2D eigenvalue weighted by Gasteiger charge is 2.24. The van der Waals surface area contributed by atoms with E-state index >= 15 is 0 Å². The summed E-state index contributed by atoms with van der Waals surface area (Å²) in [4.78, 5) is 4.56. The molecule has 2 aromatic rings. The maximum absolute atomic E-state index is 4.56. The minimum Gasteiger partial charge on any atom is -0.317 e. The first-order chi connectivity index (χ1) is 8.36. The second kappa shape index (κ2) is 4.46. The van der Waals surface area contributed by atoms with Crippen LogP contribution in [-0.4, -0.2) is 18.1 Å². The summed E-state index contributed by atoms with van der Waals surface area (Å²) in [6.07, 6.45) is 5.88. The molecule has 1 aromatic carbocycles. The number of rotatable bonds is 2. The fraction of sp³-hybridized carbons (Fsp3) is 0.400. The van der Waals surface area contributed by atoms with E-state index in [1.807, 2.05) is 6.07 Å². The Bertz CT molecular complexity index is 521. The Labute approximate surface area is 102 Å². The zero-order chi connectivity index (χ0) is 11.7. The number of fused-ring (bicyclic) bond motifs is 1. The van der Waals surface area contributed by atoms with Gasteiger partial charge in [-0.1, -0.05) is 18.2 Å². The third kappa shape index (κ3) is 2.05. The van der Waals surface area contributed by atoms with E-state index in [1.165, 1.54) is 30.2 Å². The average molecular weight is 226 g/mol. The van der Waals surface area contributed by atoms with Crippen molar-refractivity contribution in [3.63, 3.8) is 0 Å². The lowest BCUT2D eigenvalue weighted by atomic mass is 9.98. The molecule has 88 valence electrons.